The molecule has 5 aromatic rings. The van der Waals surface area contributed by atoms with Crippen molar-refractivity contribution in [3.8, 4) is 33.9 Å². The lowest BCUT2D eigenvalue weighted by Crippen LogP contribution is -2.23. The Hall–Kier alpha value is -4.88. The van der Waals surface area contributed by atoms with Crippen molar-refractivity contribution in [2.45, 2.75) is 20.1 Å². The number of benzene rings is 4. The van der Waals surface area contributed by atoms with Crippen LogP contribution in [0, 0.1) is 0 Å². The number of rotatable bonds is 11. The Labute approximate surface area is 243 Å². The quantitative estimate of drug-likeness (QED) is 0.166. The number of aromatic nitrogens is 2. The molecule has 0 aliphatic carbocycles. The monoisotopic (exact) mass is 565 g/mol. The molecule has 0 saturated heterocycles. The van der Waals surface area contributed by atoms with Crippen LogP contribution in [0.5, 0.6) is 11.5 Å². The molecule has 0 bridgehead atoms. The van der Waals surface area contributed by atoms with E-state index in [2.05, 4.69) is 15.5 Å². The lowest BCUT2D eigenvalue weighted by Gasteiger charge is -2.16. The van der Waals surface area contributed by atoms with Gasteiger partial charge in [-0.3, -0.25) is 14.7 Å². The molecule has 0 unspecified atom stereocenters. The summed E-state index contributed by atoms with van der Waals surface area (Å²) in [5.74, 6) is 0.604. The van der Waals surface area contributed by atoms with Gasteiger partial charge >= 0.3 is 0 Å². The van der Waals surface area contributed by atoms with Gasteiger partial charge in [0, 0.05) is 29.3 Å². The number of carbonyl (C=O) groups is 2. The van der Waals surface area contributed by atoms with Crippen molar-refractivity contribution in [1.82, 2.24) is 15.5 Å². The second-order valence-electron chi connectivity index (χ2n) is 9.25. The molecular weight excluding hydrogens is 538 g/mol. The molecule has 2 N–H and O–H groups in total. The van der Waals surface area contributed by atoms with Crippen LogP contribution in [0.15, 0.2) is 97.1 Å². The van der Waals surface area contributed by atoms with E-state index in [9.17, 15) is 9.59 Å². The standard InChI is InChI=1S/C33H28ClN3O4/c1-2-35-33(39)32-30(25-15-9-14-24(16-25)19-38)31(36-37-32)26-17-27(34)29(41-21-23-12-7-4-8-13-23)18-28(26)40-20-22-10-5-3-6-11-22/h3-19H,2,20-21H2,1H3,(H,35,39)(H,36,37). The molecule has 1 amide bonds. The van der Waals surface area contributed by atoms with Crippen molar-refractivity contribution in [2.75, 3.05) is 6.54 Å². The predicted octanol–water partition coefficient (Wildman–Crippen LogP) is 7.12. The minimum Gasteiger partial charge on any atom is -0.488 e. The fraction of sp³-hybridized carbons (Fsp3) is 0.121. The Morgan fingerprint density at radius 2 is 1.54 bits per heavy atom. The van der Waals surface area contributed by atoms with Crippen molar-refractivity contribution in [2.24, 2.45) is 0 Å². The summed E-state index contributed by atoms with van der Waals surface area (Å²) in [6, 6.07) is 30.0. The third kappa shape index (κ3) is 6.48. The molecule has 206 valence electrons. The normalized spacial score (nSPS) is 10.7. The highest BCUT2D eigenvalue weighted by Gasteiger charge is 2.25. The third-order valence-corrected chi connectivity index (χ3v) is 6.70. The number of hydrogen-bond acceptors (Lipinski definition) is 5. The Bertz CT molecular complexity index is 1650. The summed E-state index contributed by atoms with van der Waals surface area (Å²) in [5, 5.41) is 10.6. The summed E-state index contributed by atoms with van der Waals surface area (Å²) < 4.78 is 12.4. The minimum absolute atomic E-state index is 0.263. The van der Waals surface area contributed by atoms with Gasteiger partial charge in [-0.2, -0.15) is 5.10 Å². The third-order valence-electron chi connectivity index (χ3n) is 6.41. The highest BCUT2D eigenvalue weighted by molar-refractivity contribution is 6.32. The Morgan fingerprint density at radius 3 is 2.17 bits per heavy atom. The van der Waals surface area contributed by atoms with Gasteiger partial charge in [-0.1, -0.05) is 90.5 Å². The van der Waals surface area contributed by atoms with Crippen molar-refractivity contribution < 1.29 is 19.1 Å². The number of aromatic amines is 1. The largest absolute Gasteiger partial charge is 0.488 e. The second-order valence-corrected chi connectivity index (χ2v) is 9.66. The zero-order valence-corrected chi connectivity index (χ0v) is 23.2. The van der Waals surface area contributed by atoms with Crippen LogP contribution in [0.3, 0.4) is 0 Å². The van der Waals surface area contributed by atoms with Crippen LogP contribution < -0.4 is 14.8 Å². The van der Waals surface area contributed by atoms with E-state index in [0.29, 0.717) is 57.6 Å². The fourth-order valence-corrected chi connectivity index (χ4v) is 4.64. The number of ether oxygens (including phenoxy) is 2. The molecule has 0 atom stereocenters. The SMILES string of the molecule is CCNC(=O)c1[nH]nc(-c2cc(Cl)c(OCc3ccccc3)cc2OCc2ccccc2)c1-c1cccc(C=O)c1. The van der Waals surface area contributed by atoms with Crippen LogP contribution in [-0.4, -0.2) is 28.9 Å². The molecule has 8 heteroatoms. The summed E-state index contributed by atoms with van der Waals surface area (Å²) >= 11 is 6.76. The molecule has 0 saturated carbocycles. The summed E-state index contributed by atoms with van der Waals surface area (Å²) in [6.45, 7) is 2.89. The molecule has 0 fully saturated rings. The summed E-state index contributed by atoms with van der Waals surface area (Å²) in [7, 11) is 0. The summed E-state index contributed by atoms with van der Waals surface area (Å²) in [5.41, 5.74) is 4.90. The number of H-pyrrole nitrogens is 1. The molecule has 4 aromatic carbocycles. The molecule has 1 heterocycles. The van der Waals surface area contributed by atoms with Crippen molar-refractivity contribution >= 4 is 23.8 Å². The van der Waals surface area contributed by atoms with E-state index >= 15 is 0 Å². The van der Waals surface area contributed by atoms with Crippen molar-refractivity contribution in [3.63, 3.8) is 0 Å². The summed E-state index contributed by atoms with van der Waals surface area (Å²) in [6.07, 6.45) is 0.763. The average Bonchev–Trinajstić information content (AvgIpc) is 3.46. The number of aldehydes is 1. The van der Waals surface area contributed by atoms with Crippen LogP contribution in [-0.2, 0) is 13.2 Å². The smallest absolute Gasteiger partial charge is 0.269 e. The van der Waals surface area contributed by atoms with Crippen molar-refractivity contribution in [3.05, 3.63) is 124 Å². The number of halogens is 1. The van der Waals surface area contributed by atoms with E-state index in [4.69, 9.17) is 21.1 Å². The van der Waals surface area contributed by atoms with Gasteiger partial charge in [0.15, 0.2) is 0 Å². The van der Waals surface area contributed by atoms with Crippen LogP contribution in [0.1, 0.15) is 38.9 Å². The Morgan fingerprint density at radius 1 is 0.878 bits per heavy atom. The highest BCUT2D eigenvalue weighted by Crippen LogP contribution is 2.43. The van der Waals surface area contributed by atoms with E-state index < -0.39 is 0 Å². The van der Waals surface area contributed by atoms with E-state index in [1.165, 1.54) is 0 Å². The van der Waals surface area contributed by atoms with Crippen LogP contribution in [0.4, 0.5) is 0 Å². The molecule has 7 nitrogen and oxygen atoms in total. The lowest BCUT2D eigenvalue weighted by molar-refractivity contribution is 0.0951. The Kier molecular flexibility index (Phi) is 8.76. The van der Waals surface area contributed by atoms with Gasteiger partial charge in [0.05, 0.1) is 5.02 Å². The van der Waals surface area contributed by atoms with Gasteiger partial charge in [0.2, 0.25) is 0 Å². The van der Waals surface area contributed by atoms with Crippen LogP contribution in [0.25, 0.3) is 22.4 Å². The zero-order chi connectivity index (χ0) is 28.6. The predicted molar refractivity (Wildman–Crippen MR) is 159 cm³/mol. The van der Waals surface area contributed by atoms with Gasteiger partial charge in [-0.05, 0) is 35.7 Å². The van der Waals surface area contributed by atoms with E-state index in [0.717, 1.165) is 17.4 Å². The molecule has 0 aliphatic heterocycles. The number of carbonyl (C=O) groups excluding carboxylic acids is 2. The van der Waals surface area contributed by atoms with Gasteiger partial charge in [-0.25, -0.2) is 0 Å². The van der Waals surface area contributed by atoms with Crippen molar-refractivity contribution in [1.29, 1.82) is 0 Å². The molecule has 41 heavy (non-hydrogen) atoms. The Balaban J connectivity index is 1.62. The topological polar surface area (TPSA) is 93.3 Å². The highest BCUT2D eigenvalue weighted by atomic mass is 35.5. The molecule has 0 spiro atoms. The van der Waals surface area contributed by atoms with Gasteiger partial charge < -0.3 is 14.8 Å². The summed E-state index contributed by atoms with van der Waals surface area (Å²) in [4.78, 5) is 24.6. The van der Waals surface area contributed by atoms with E-state index in [1.54, 1.807) is 30.3 Å². The lowest BCUT2D eigenvalue weighted by atomic mass is 9.96. The average molecular weight is 566 g/mol. The van der Waals surface area contributed by atoms with Gasteiger partial charge in [0.25, 0.3) is 5.91 Å². The number of nitrogens with zero attached hydrogens (tertiary/aromatic N) is 1. The first kappa shape index (κ1) is 27.7. The maximum absolute atomic E-state index is 13.0. The van der Waals surface area contributed by atoms with E-state index in [1.807, 2.05) is 73.7 Å². The number of hydrogen-bond donors (Lipinski definition) is 2. The number of amides is 1. The zero-order valence-electron chi connectivity index (χ0n) is 22.4. The first-order valence-electron chi connectivity index (χ1n) is 13.2. The fourth-order valence-electron chi connectivity index (χ4n) is 4.42. The van der Waals surface area contributed by atoms with Crippen LogP contribution in [0.2, 0.25) is 5.02 Å². The number of nitrogens with one attached hydrogen (secondary N) is 2. The second kappa shape index (κ2) is 13.0. The van der Waals surface area contributed by atoms with Gasteiger partial charge in [-0.15, -0.1) is 0 Å². The molecule has 0 radical (unpaired) electrons. The minimum atomic E-state index is -0.321. The first-order chi connectivity index (χ1) is 20.1. The van der Waals surface area contributed by atoms with Gasteiger partial charge in [0.1, 0.15) is 42.4 Å². The molecule has 1 aromatic heterocycles. The maximum Gasteiger partial charge on any atom is 0.269 e. The first-order valence-corrected chi connectivity index (χ1v) is 13.5. The molecular formula is C33H28ClN3O4. The van der Waals surface area contributed by atoms with Crippen LogP contribution >= 0.6 is 11.6 Å². The maximum atomic E-state index is 13.0. The van der Waals surface area contributed by atoms with E-state index in [-0.39, 0.29) is 18.2 Å². The molecule has 0 aliphatic rings. The molecule has 5 rings (SSSR count).